The van der Waals surface area contributed by atoms with Crippen molar-refractivity contribution in [2.24, 2.45) is 0 Å². The van der Waals surface area contributed by atoms with Crippen LogP contribution in [0.25, 0.3) is 0 Å². The predicted octanol–water partition coefficient (Wildman–Crippen LogP) is 0.729. The Labute approximate surface area is 143 Å². The fourth-order valence-corrected chi connectivity index (χ4v) is 3.14. The first-order valence-electron chi connectivity index (χ1n) is 7.23. The molecule has 128 valence electrons. The van der Waals surface area contributed by atoms with Gasteiger partial charge in [0.25, 0.3) is 0 Å². The summed E-state index contributed by atoms with van der Waals surface area (Å²) in [4.78, 5) is 11.9. The Hall–Kier alpha value is -1.41. The van der Waals surface area contributed by atoms with Crippen molar-refractivity contribution < 1.29 is 13.2 Å². The highest BCUT2D eigenvalue weighted by molar-refractivity contribution is 7.89. The summed E-state index contributed by atoms with van der Waals surface area (Å²) < 4.78 is 26.6. The fourth-order valence-electron chi connectivity index (χ4n) is 2.06. The van der Waals surface area contributed by atoms with Gasteiger partial charge in [-0.15, -0.1) is 12.4 Å². The summed E-state index contributed by atoms with van der Waals surface area (Å²) in [5.74, 6) is -0.0878. The number of amides is 1. The lowest BCUT2D eigenvalue weighted by Gasteiger charge is -2.11. The summed E-state index contributed by atoms with van der Waals surface area (Å²) >= 11 is 0. The second kappa shape index (κ2) is 9.02. The molecule has 0 saturated heterocycles. The van der Waals surface area contributed by atoms with Gasteiger partial charge in [-0.25, -0.2) is 13.1 Å². The minimum atomic E-state index is -3.48. The molecule has 1 aliphatic heterocycles. The van der Waals surface area contributed by atoms with Gasteiger partial charge in [-0.3, -0.25) is 10.1 Å². The van der Waals surface area contributed by atoms with Gasteiger partial charge in [0.15, 0.2) is 0 Å². The molecule has 8 heteroatoms. The van der Waals surface area contributed by atoms with Gasteiger partial charge < -0.3 is 5.32 Å². The molecule has 0 spiro atoms. The fraction of sp³-hybridized carbons (Fsp3) is 0.400. The molecule has 6 nitrogen and oxygen atoms in total. The van der Waals surface area contributed by atoms with Crippen molar-refractivity contribution in [3.05, 3.63) is 42.0 Å². The maximum Gasteiger partial charge on any atom is 0.241 e. The Kier molecular flexibility index (Phi) is 7.70. The standard InChI is InChI=1S/C15H21N3O3S.ClH/c1-12-5-7-13(8-6-12)22(20,21)18-11-3-10-17-15(19)14-4-2-9-16-14;/h2,4-8,14,16,18H,3,9-11H2,1H3,(H,17,19);1H. The van der Waals surface area contributed by atoms with Crippen molar-refractivity contribution in [2.45, 2.75) is 24.3 Å². The smallest absolute Gasteiger partial charge is 0.241 e. The van der Waals surface area contributed by atoms with Crippen molar-refractivity contribution in [1.82, 2.24) is 15.4 Å². The summed E-state index contributed by atoms with van der Waals surface area (Å²) in [6, 6.07) is 6.41. The summed E-state index contributed by atoms with van der Waals surface area (Å²) in [7, 11) is -3.48. The lowest BCUT2D eigenvalue weighted by atomic mass is 10.2. The number of rotatable bonds is 7. The van der Waals surface area contributed by atoms with Crippen LogP contribution in [0.3, 0.4) is 0 Å². The van der Waals surface area contributed by atoms with Crippen LogP contribution >= 0.6 is 12.4 Å². The Morgan fingerprint density at radius 2 is 1.96 bits per heavy atom. The van der Waals surface area contributed by atoms with Crippen LogP contribution in [0.2, 0.25) is 0 Å². The lowest BCUT2D eigenvalue weighted by Crippen LogP contribution is -2.41. The number of carbonyl (C=O) groups excluding carboxylic acids is 1. The second-order valence-electron chi connectivity index (χ2n) is 5.17. The van der Waals surface area contributed by atoms with E-state index in [1.165, 1.54) is 0 Å². The summed E-state index contributed by atoms with van der Waals surface area (Å²) in [5, 5.41) is 5.78. The number of benzene rings is 1. The van der Waals surface area contributed by atoms with E-state index in [2.05, 4.69) is 15.4 Å². The number of hydrogen-bond donors (Lipinski definition) is 3. The van der Waals surface area contributed by atoms with Crippen LogP contribution in [-0.4, -0.2) is 40.0 Å². The van der Waals surface area contributed by atoms with Gasteiger partial charge in [0, 0.05) is 19.6 Å². The van der Waals surface area contributed by atoms with E-state index in [-0.39, 0.29) is 35.8 Å². The van der Waals surface area contributed by atoms with Gasteiger partial charge >= 0.3 is 0 Å². The zero-order chi connectivity index (χ0) is 16.0. The Morgan fingerprint density at radius 1 is 1.26 bits per heavy atom. The van der Waals surface area contributed by atoms with Crippen molar-refractivity contribution in [3.63, 3.8) is 0 Å². The third-order valence-electron chi connectivity index (χ3n) is 3.34. The van der Waals surface area contributed by atoms with E-state index in [9.17, 15) is 13.2 Å². The first-order chi connectivity index (χ1) is 10.5. The molecular formula is C15H22ClN3O3S. The van der Waals surface area contributed by atoms with Crippen LogP contribution in [0.5, 0.6) is 0 Å². The highest BCUT2D eigenvalue weighted by Gasteiger charge is 2.16. The first-order valence-corrected chi connectivity index (χ1v) is 8.71. The predicted molar refractivity (Wildman–Crippen MR) is 92.2 cm³/mol. The van der Waals surface area contributed by atoms with Crippen LogP contribution in [0.4, 0.5) is 0 Å². The van der Waals surface area contributed by atoms with E-state index in [0.717, 1.165) is 5.56 Å². The Bertz CT molecular complexity index is 644. The number of aryl methyl sites for hydroxylation is 1. The lowest BCUT2D eigenvalue weighted by molar-refractivity contribution is -0.121. The number of nitrogens with one attached hydrogen (secondary N) is 3. The first kappa shape index (κ1) is 19.6. The second-order valence-corrected chi connectivity index (χ2v) is 6.94. The zero-order valence-electron chi connectivity index (χ0n) is 12.9. The van der Waals surface area contributed by atoms with Gasteiger partial charge in [-0.2, -0.15) is 0 Å². The van der Waals surface area contributed by atoms with E-state index >= 15 is 0 Å². The van der Waals surface area contributed by atoms with Crippen LogP contribution in [0.15, 0.2) is 41.3 Å². The summed E-state index contributed by atoms with van der Waals surface area (Å²) in [6.45, 7) is 3.32. The van der Waals surface area contributed by atoms with Crippen LogP contribution in [0.1, 0.15) is 12.0 Å². The molecular weight excluding hydrogens is 338 g/mol. The van der Waals surface area contributed by atoms with Crippen LogP contribution in [-0.2, 0) is 14.8 Å². The molecule has 1 aromatic carbocycles. The maximum absolute atomic E-state index is 12.0. The molecule has 2 rings (SSSR count). The average Bonchev–Trinajstić information content (AvgIpc) is 3.01. The van der Waals surface area contributed by atoms with Crippen molar-refractivity contribution in [3.8, 4) is 0 Å². The molecule has 3 N–H and O–H groups in total. The quantitative estimate of drug-likeness (QED) is 0.494. The number of hydrogen-bond acceptors (Lipinski definition) is 4. The molecule has 1 aliphatic rings. The molecule has 1 atom stereocenters. The molecule has 1 aromatic rings. The summed E-state index contributed by atoms with van der Waals surface area (Å²) in [6.07, 6.45) is 4.25. The number of sulfonamides is 1. The minimum Gasteiger partial charge on any atom is -0.354 e. The van der Waals surface area contributed by atoms with Gasteiger partial charge in [0.1, 0.15) is 6.04 Å². The Morgan fingerprint density at radius 3 is 2.57 bits per heavy atom. The number of halogens is 1. The van der Waals surface area contributed by atoms with Crippen molar-refractivity contribution in [1.29, 1.82) is 0 Å². The molecule has 1 heterocycles. The van der Waals surface area contributed by atoms with E-state index < -0.39 is 10.0 Å². The van der Waals surface area contributed by atoms with Gasteiger partial charge in [-0.1, -0.05) is 29.8 Å². The minimum absolute atomic E-state index is 0. The van der Waals surface area contributed by atoms with E-state index in [0.29, 0.717) is 19.5 Å². The molecule has 0 aromatic heterocycles. The monoisotopic (exact) mass is 359 g/mol. The third kappa shape index (κ3) is 5.95. The van der Waals surface area contributed by atoms with E-state index in [4.69, 9.17) is 0 Å². The SMILES string of the molecule is Cc1ccc(S(=O)(=O)NCCCNC(=O)C2C=CCN2)cc1.Cl. The molecule has 0 bridgehead atoms. The third-order valence-corrected chi connectivity index (χ3v) is 4.82. The van der Waals surface area contributed by atoms with Gasteiger partial charge in [0.2, 0.25) is 15.9 Å². The van der Waals surface area contributed by atoms with Crippen LogP contribution in [0, 0.1) is 6.92 Å². The highest BCUT2D eigenvalue weighted by Crippen LogP contribution is 2.09. The molecule has 23 heavy (non-hydrogen) atoms. The van der Waals surface area contributed by atoms with E-state index in [1.54, 1.807) is 24.3 Å². The topological polar surface area (TPSA) is 87.3 Å². The maximum atomic E-state index is 12.0. The van der Waals surface area contributed by atoms with Gasteiger partial charge in [0.05, 0.1) is 4.90 Å². The molecule has 1 amide bonds. The molecule has 0 saturated carbocycles. The van der Waals surface area contributed by atoms with Crippen LogP contribution < -0.4 is 15.4 Å². The average molecular weight is 360 g/mol. The normalized spacial score (nSPS) is 16.8. The molecule has 1 unspecified atom stereocenters. The molecule has 0 aliphatic carbocycles. The molecule has 0 radical (unpaired) electrons. The molecule has 0 fully saturated rings. The van der Waals surface area contributed by atoms with Crippen molar-refractivity contribution >= 4 is 28.3 Å². The summed E-state index contributed by atoms with van der Waals surface area (Å²) in [5.41, 5.74) is 1.01. The van der Waals surface area contributed by atoms with Crippen molar-refractivity contribution in [2.75, 3.05) is 19.6 Å². The number of carbonyl (C=O) groups is 1. The highest BCUT2D eigenvalue weighted by atomic mass is 35.5. The van der Waals surface area contributed by atoms with E-state index in [1.807, 2.05) is 19.1 Å². The largest absolute Gasteiger partial charge is 0.354 e. The zero-order valence-corrected chi connectivity index (χ0v) is 14.5. The Balaban J connectivity index is 0.00000264. The van der Waals surface area contributed by atoms with Gasteiger partial charge in [-0.05, 0) is 25.5 Å².